The van der Waals surface area contributed by atoms with Crippen molar-refractivity contribution in [2.45, 2.75) is 39.5 Å². The first-order valence-electron chi connectivity index (χ1n) is 6.65. The summed E-state index contributed by atoms with van der Waals surface area (Å²) in [6, 6.07) is 7.46. The number of alkyl halides is 3. The lowest BCUT2D eigenvalue weighted by Gasteiger charge is -2.09. The lowest BCUT2D eigenvalue weighted by molar-refractivity contribution is -0.141. The van der Waals surface area contributed by atoms with E-state index in [2.05, 4.69) is 10.3 Å². The molecule has 0 aliphatic heterocycles. The Morgan fingerprint density at radius 1 is 1.24 bits per heavy atom. The Labute approximate surface area is 126 Å². The van der Waals surface area contributed by atoms with Gasteiger partial charge in [-0.3, -0.25) is 0 Å². The van der Waals surface area contributed by atoms with Crippen LogP contribution in [0.1, 0.15) is 30.0 Å². The molecule has 1 aromatic heterocycles. The van der Waals surface area contributed by atoms with Gasteiger partial charge in [0, 0.05) is 18.2 Å². The quantitative estimate of drug-likeness (QED) is 0.889. The first-order valence-corrected chi connectivity index (χ1v) is 7.47. The SMILES string of the molecule is Cc1ccccc1-c1nc(C(F)(F)F)c(CNC(C)C)s1. The average Bonchev–Trinajstić information content (AvgIpc) is 2.81. The molecule has 2 nitrogen and oxygen atoms in total. The van der Waals surface area contributed by atoms with Gasteiger partial charge in [-0.05, 0) is 12.5 Å². The van der Waals surface area contributed by atoms with E-state index >= 15 is 0 Å². The molecule has 1 heterocycles. The summed E-state index contributed by atoms with van der Waals surface area (Å²) in [5.41, 5.74) is 0.894. The summed E-state index contributed by atoms with van der Waals surface area (Å²) in [6.45, 7) is 5.85. The molecule has 0 aliphatic rings. The molecule has 1 aromatic carbocycles. The van der Waals surface area contributed by atoms with Crippen LogP contribution in [-0.4, -0.2) is 11.0 Å². The summed E-state index contributed by atoms with van der Waals surface area (Å²) >= 11 is 1.10. The fourth-order valence-electron chi connectivity index (χ4n) is 1.92. The van der Waals surface area contributed by atoms with Gasteiger partial charge in [0.25, 0.3) is 0 Å². The fraction of sp³-hybridized carbons (Fsp3) is 0.400. The number of hydrogen-bond acceptors (Lipinski definition) is 3. The summed E-state index contributed by atoms with van der Waals surface area (Å²) in [7, 11) is 0. The van der Waals surface area contributed by atoms with Crippen molar-refractivity contribution in [1.82, 2.24) is 10.3 Å². The van der Waals surface area contributed by atoms with Crippen LogP contribution in [0.15, 0.2) is 24.3 Å². The summed E-state index contributed by atoms with van der Waals surface area (Å²) in [5, 5.41) is 3.44. The number of benzene rings is 1. The van der Waals surface area contributed by atoms with Crippen molar-refractivity contribution in [3.05, 3.63) is 40.4 Å². The van der Waals surface area contributed by atoms with Gasteiger partial charge in [0.15, 0.2) is 5.69 Å². The average molecular weight is 314 g/mol. The Hall–Kier alpha value is -1.40. The van der Waals surface area contributed by atoms with E-state index in [1.165, 1.54) is 0 Å². The van der Waals surface area contributed by atoms with E-state index in [0.29, 0.717) is 5.01 Å². The predicted octanol–water partition coefficient (Wildman–Crippen LogP) is 4.64. The summed E-state index contributed by atoms with van der Waals surface area (Å²) in [4.78, 5) is 4.07. The monoisotopic (exact) mass is 314 g/mol. The highest BCUT2D eigenvalue weighted by atomic mass is 32.1. The number of thiazole rings is 1. The summed E-state index contributed by atoms with van der Waals surface area (Å²) in [5.74, 6) is 0. The smallest absolute Gasteiger partial charge is 0.310 e. The highest BCUT2D eigenvalue weighted by molar-refractivity contribution is 7.15. The van der Waals surface area contributed by atoms with Crippen molar-refractivity contribution in [3.8, 4) is 10.6 Å². The first kappa shape index (κ1) is 16.0. The molecule has 0 saturated heterocycles. The molecule has 6 heteroatoms. The molecule has 0 spiro atoms. The third-order valence-electron chi connectivity index (χ3n) is 3.01. The Bertz CT molecular complexity index is 618. The molecule has 0 saturated carbocycles. The van der Waals surface area contributed by atoms with Crippen LogP contribution in [0.25, 0.3) is 10.6 Å². The van der Waals surface area contributed by atoms with Crippen LogP contribution in [0.4, 0.5) is 13.2 Å². The number of nitrogens with one attached hydrogen (secondary N) is 1. The minimum absolute atomic E-state index is 0.120. The molecule has 0 atom stereocenters. The molecule has 1 N–H and O–H groups in total. The van der Waals surface area contributed by atoms with Crippen LogP contribution in [0, 0.1) is 6.92 Å². The number of aryl methyl sites for hydroxylation is 1. The van der Waals surface area contributed by atoms with Crippen LogP contribution in [0.5, 0.6) is 0 Å². The zero-order chi connectivity index (χ0) is 15.6. The van der Waals surface area contributed by atoms with Crippen molar-refractivity contribution >= 4 is 11.3 Å². The fourth-order valence-corrected chi connectivity index (χ4v) is 3.04. The number of rotatable bonds is 4. The van der Waals surface area contributed by atoms with E-state index in [0.717, 1.165) is 22.5 Å². The van der Waals surface area contributed by atoms with Gasteiger partial charge in [-0.1, -0.05) is 38.1 Å². The third kappa shape index (κ3) is 3.83. The first-order chi connectivity index (χ1) is 9.79. The zero-order valence-corrected chi connectivity index (χ0v) is 12.9. The maximum Gasteiger partial charge on any atom is 0.434 e. The minimum atomic E-state index is -4.43. The maximum absolute atomic E-state index is 13.1. The second-order valence-electron chi connectivity index (χ2n) is 5.14. The second kappa shape index (κ2) is 6.15. The van der Waals surface area contributed by atoms with Crippen LogP contribution in [0.3, 0.4) is 0 Å². The molecule has 0 radical (unpaired) electrons. The topological polar surface area (TPSA) is 24.9 Å². The van der Waals surface area contributed by atoms with E-state index in [1.54, 1.807) is 6.07 Å². The molecule has 2 aromatic rings. The minimum Gasteiger partial charge on any atom is -0.310 e. The molecule has 0 unspecified atom stereocenters. The molecule has 2 rings (SSSR count). The van der Waals surface area contributed by atoms with Gasteiger partial charge in [0.05, 0.1) is 4.88 Å². The van der Waals surface area contributed by atoms with Crippen molar-refractivity contribution in [2.75, 3.05) is 0 Å². The van der Waals surface area contributed by atoms with Gasteiger partial charge in [-0.25, -0.2) is 4.98 Å². The number of aromatic nitrogens is 1. The van der Waals surface area contributed by atoms with E-state index in [1.807, 2.05) is 39.0 Å². The molecule has 21 heavy (non-hydrogen) atoms. The summed E-state index contributed by atoms with van der Waals surface area (Å²) in [6.07, 6.45) is -4.43. The van der Waals surface area contributed by atoms with Gasteiger partial charge in [-0.15, -0.1) is 11.3 Å². The normalized spacial score (nSPS) is 12.1. The molecular formula is C15H17F3N2S. The Morgan fingerprint density at radius 2 is 1.90 bits per heavy atom. The molecule has 0 bridgehead atoms. The van der Waals surface area contributed by atoms with E-state index in [-0.39, 0.29) is 17.5 Å². The van der Waals surface area contributed by atoms with Crippen molar-refractivity contribution in [1.29, 1.82) is 0 Å². The third-order valence-corrected chi connectivity index (χ3v) is 4.10. The van der Waals surface area contributed by atoms with Crippen LogP contribution < -0.4 is 5.32 Å². The van der Waals surface area contributed by atoms with Crippen LogP contribution in [0.2, 0.25) is 0 Å². The van der Waals surface area contributed by atoms with Gasteiger partial charge < -0.3 is 5.32 Å². The highest BCUT2D eigenvalue weighted by Crippen LogP contribution is 2.38. The van der Waals surface area contributed by atoms with E-state index < -0.39 is 11.9 Å². The lowest BCUT2D eigenvalue weighted by Crippen LogP contribution is -2.23. The van der Waals surface area contributed by atoms with Gasteiger partial charge >= 0.3 is 6.18 Å². The van der Waals surface area contributed by atoms with Crippen LogP contribution >= 0.6 is 11.3 Å². The van der Waals surface area contributed by atoms with E-state index in [9.17, 15) is 13.2 Å². The van der Waals surface area contributed by atoms with Crippen molar-refractivity contribution < 1.29 is 13.2 Å². The molecular weight excluding hydrogens is 297 g/mol. The van der Waals surface area contributed by atoms with Gasteiger partial charge in [0.2, 0.25) is 0 Å². The number of halogens is 3. The summed E-state index contributed by atoms with van der Waals surface area (Å²) < 4.78 is 39.4. The predicted molar refractivity (Wildman–Crippen MR) is 79.3 cm³/mol. The Balaban J connectivity index is 2.43. The molecule has 0 aliphatic carbocycles. The number of hydrogen-bond donors (Lipinski definition) is 1. The maximum atomic E-state index is 13.1. The lowest BCUT2D eigenvalue weighted by atomic mass is 10.1. The van der Waals surface area contributed by atoms with Crippen molar-refractivity contribution in [3.63, 3.8) is 0 Å². The molecule has 0 amide bonds. The standard InChI is InChI=1S/C15H17F3N2S/c1-9(2)19-8-12-13(15(16,17)18)20-14(21-12)11-7-5-4-6-10(11)3/h4-7,9,19H,8H2,1-3H3. The van der Waals surface area contributed by atoms with Crippen molar-refractivity contribution in [2.24, 2.45) is 0 Å². The Kier molecular flexibility index (Phi) is 4.68. The highest BCUT2D eigenvalue weighted by Gasteiger charge is 2.37. The van der Waals surface area contributed by atoms with Crippen LogP contribution in [-0.2, 0) is 12.7 Å². The number of nitrogens with zero attached hydrogens (tertiary/aromatic N) is 1. The zero-order valence-electron chi connectivity index (χ0n) is 12.1. The molecule has 114 valence electrons. The largest absolute Gasteiger partial charge is 0.434 e. The molecule has 0 fully saturated rings. The Morgan fingerprint density at radius 3 is 2.48 bits per heavy atom. The van der Waals surface area contributed by atoms with E-state index in [4.69, 9.17) is 0 Å². The second-order valence-corrected chi connectivity index (χ2v) is 6.22. The van der Waals surface area contributed by atoms with Gasteiger partial charge in [0.1, 0.15) is 5.01 Å². The van der Waals surface area contributed by atoms with Gasteiger partial charge in [-0.2, -0.15) is 13.2 Å².